The van der Waals surface area contributed by atoms with Gasteiger partial charge >= 0.3 is 0 Å². The van der Waals surface area contributed by atoms with Crippen LogP contribution in [0.3, 0.4) is 0 Å². The van der Waals surface area contributed by atoms with E-state index in [1.54, 1.807) is 29.2 Å². The van der Waals surface area contributed by atoms with Crippen molar-refractivity contribution in [3.8, 4) is 0 Å². The third kappa shape index (κ3) is 5.79. The van der Waals surface area contributed by atoms with Crippen LogP contribution in [0.15, 0.2) is 24.3 Å². The van der Waals surface area contributed by atoms with E-state index in [0.29, 0.717) is 37.4 Å². The lowest BCUT2D eigenvalue weighted by Gasteiger charge is -2.33. The maximum Gasteiger partial charge on any atom is 0.253 e. The molecule has 0 saturated carbocycles. The van der Waals surface area contributed by atoms with E-state index in [-0.39, 0.29) is 18.4 Å². The normalized spacial score (nSPS) is 15.7. The molecule has 1 aromatic rings. The predicted molar refractivity (Wildman–Crippen MR) is 102 cm³/mol. The van der Waals surface area contributed by atoms with E-state index in [9.17, 15) is 9.59 Å². The molecule has 0 aliphatic carbocycles. The minimum absolute atomic E-state index is 0.0221. The number of nitrogens with zero attached hydrogens (tertiary/aromatic N) is 3. The standard InChI is InChI=1S/C19H30N4O3/c1-3-23(4-2)19(26)16-6-5-7-17(14-16)20-18(25)15-22-10-8-21(9-11-22)12-13-24/h5-7,14,24H,3-4,8-13,15H2,1-2H3,(H,20,25). The van der Waals surface area contributed by atoms with Crippen molar-refractivity contribution in [3.05, 3.63) is 29.8 Å². The molecule has 26 heavy (non-hydrogen) atoms. The molecule has 1 aromatic carbocycles. The van der Waals surface area contributed by atoms with Gasteiger partial charge in [0.15, 0.2) is 0 Å². The predicted octanol–water partition coefficient (Wildman–Crippen LogP) is 0.717. The zero-order valence-corrected chi connectivity index (χ0v) is 15.8. The van der Waals surface area contributed by atoms with E-state index in [4.69, 9.17) is 5.11 Å². The third-order valence-corrected chi connectivity index (χ3v) is 4.69. The lowest BCUT2D eigenvalue weighted by molar-refractivity contribution is -0.117. The summed E-state index contributed by atoms with van der Waals surface area (Å²) in [4.78, 5) is 30.8. The fourth-order valence-electron chi connectivity index (χ4n) is 3.14. The second kappa shape index (κ2) is 10.3. The van der Waals surface area contributed by atoms with Crippen LogP contribution in [0.2, 0.25) is 0 Å². The van der Waals surface area contributed by atoms with E-state index in [1.807, 2.05) is 13.8 Å². The molecule has 0 spiro atoms. The first kappa shape index (κ1) is 20.4. The highest BCUT2D eigenvalue weighted by molar-refractivity contribution is 5.97. The second-order valence-corrected chi connectivity index (χ2v) is 6.45. The molecule has 1 aliphatic heterocycles. The topological polar surface area (TPSA) is 76.1 Å². The highest BCUT2D eigenvalue weighted by atomic mass is 16.3. The van der Waals surface area contributed by atoms with Crippen molar-refractivity contribution in [2.75, 3.05) is 64.3 Å². The molecule has 1 heterocycles. The molecule has 0 aromatic heterocycles. The molecule has 1 aliphatic rings. The lowest BCUT2D eigenvalue weighted by atomic mass is 10.1. The van der Waals surface area contributed by atoms with Crippen molar-refractivity contribution in [2.45, 2.75) is 13.8 Å². The van der Waals surface area contributed by atoms with Crippen molar-refractivity contribution >= 4 is 17.5 Å². The summed E-state index contributed by atoms with van der Waals surface area (Å²) in [6, 6.07) is 7.10. The van der Waals surface area contributed by atoms with Crippen molar-refractivity contribution in [1.29, 1.82) is 0 Å². The van der Waals surface area contributed by atoms with Crippen LogP contribution in [-0.2, 0) is 4.79 Å². The van der Waals surface area contributed by atoms with Crippen LogP contribution >= 0.6 is 0 Å². The highest BCUT2D eigenvalue weighted by Gasteiger charge is 2.19. The molecular formula is C19H30N4O3. The Balaban J connectivity index is 1.87. The Labute approximate surface area is 155 Å². The number of carbonyl (C=O) groups excluding carboxylic acids is 2. The van der Waals surface area contributed by atoms with Crippen molar-refractivity contribution in [2.24, 2.45) is 0 Å². The number of aliphatic hydroxyl groups excluding tert-OH is 1. The van der Waals surface area contributed by atoms with Gasteiger partial charge in [0, 0.05) is 57.1 Å². The van der Waals surface area contributed by atoms with Crippen LogP contribution in [0.25, 0.3) is 0 Å². The molecular weight excluding hydrogens is 332 g/mol. The van der Waals surface area contributed by atoms with Gasteiger partial charge in [0.25, 0.3) is 5.91 Å². The summed E-state index contributed by atoms with van der Waals surface area (Å²) < 4.78 is 0. The van der Waals surface area contributed by atoms with Crippen molar-refractivity contribution in [3.63, 3.8) is 0 Å². The van der Waals surface area contributed by atoms with Gasteiger partial charge in [0.05, 0.1) is 13.2 Å². The Morgan fingerprint density at radius 3 is 2.38 bits per heavy atom. The lowest BCUT2D eigenvalue weighted by Crippen LogP contribution is -2.49. The summed E-state index contributed by atoms with van der Waals surface area (Å²) in [5.41, 5.74) is 1.23. The molecule has 0 unspecified atom stereocenters. The molecule has 2 rings (SSSR count). The van der Waals surface area contributed by atoms with Crippen LogP contribution in [0.4, 0.5) is 5.69 Å². The number of β-amino-alcohol motifs (C(OH)–C–C–N with tert-alkyl or cyclic N) is 1. The van der Waals surface area contributed by atoms with Gasteiger partial charge in [-0.2, -0.15) is 0 Å². The average Bonchev–Trinajstić information content (AvgIpc) is 2.64. The molecule has 7 heteroatoms. The highest BCUT2D eigenvalue weighted by Crippen LogP contribution is 2.13. The van der Waals surface area contributed by atoms with Crippen molar-refractivity contribution < 1.29 is 14.7 Å². The van der Waals surface area contributed by atoms with E-state index in [0.717, 1.165) is 26.2 Å². The molecule has 1 saturated heterocycles. The van der Waals surface area contributed by atoms with E-state index >= 15 is 0 Å². The quantitative estimate of drug-likeness (QED) is 0.713. The number of hydrogen-bond acceptors (Lipinski definition) is 5. The summed E-state index contributed by atoms with van der Waals surface area (Å²) in [5, 5.41) is 11.9. The first-order chi connectivity index (χ1) is 12.6. The number of rotatable bonds is 8. The van der Waals surface area contributed by atoms with Gasteiger partial charge in [-0.05, 0) is 32.0 Å². The minimum atomic E-state index is -0.0759. The van der Waals surface area contributed by atoms with Gasteiger partial charge in [0.2, 0.25) is 5.91 Å². The fraction of sp³-hybridized carbons (Fsp3) is 0.579. The first-order valence-electron chi connectivity index (χ1n) is 9.32. The number of nitrogens with one attached hydrogen (secondary N) is 1. The van der Waals surface area contributed by atoms with E-state index < -0.39 is 0 Å². The molecule has 2 N–H and O–H groups in total. The van der Waals surface area contributed by atoms with Gasteiger partial charge in [-0.1, -0.05) is 6.07 Å². The first-order valence-corrected chi connectivity index (χ1v) is 9.32. The Morgan fingerprint density at radius 2 is 1.77 bits per heavy atom. The van der Waals surface area contributed by atoms with Crippen LogP contribution in [-0.4, -0.2) is 90.6 Å². The van der Waals surface area contributed by atoms with Crippen LogP contribution in [0, 0.1) is 0 Å². The Morgan fingerprint density at radius 1 is 1.12 bits per heavy atom. The molecule has 7 nitrogen and oxygen atoms in total. The number of benzene rings is 1. The number of anilines is 1. The monoisotopic (exact) mass is 362 g/mol. The summed E-state index contributed by atoms with van der Waals surface area (Å²) in [6.45, 7) is 9.77. The smallest absolute Gasteiger partial charge is 0.253 e. The molecule has 144 valence electrons. The number of aliphatic hydroxyl groups is 1. The van der Waals surface area contributed by atoms with Gasteiger partial charge in [-0.15, -0.1) is 0 Å². The summed E-state index contributed by atoms with van der Waals surface area (Å²) in [5.74, 6) is -0.0980. The summed E-state index contributed by atoms with van der Waals surface area (Å²) in [7, 11) is 0. The zero-order valence-electron chi connectivity index (χ0n) is 15.8. The van der Waals surface area contributed by atoms with Gasteiger partial charge in [0.1, 0.15) is 0 Å². The molecule has 2 amide bonds. The Kier molecular flexibility index (Phi) is 8.03. The van der Waals surface area contributed by atoms with E-state index in [2.05, 4.69) is 15.1 Å². The molecule has 0 atom stereocenters. The molecule has 0 bridgehead atoms. The maximum absolute atomic E-state index is 12.4. The average molecular weight is 362 g/mol. The summed E-state index contributed by atoms with van der Waals surface area (Å²) in [6.07, 6.45) is 0. The largest absolute Gasteiger partial charge is 0.395 e. The minimum Gasteiger partial charge on any atom is -0.395 e. The van der Waals surface area contributed by atoms with Crippen LogP contribution in [0.5, 0.6) is 0 Å². The number of piperazine rings is 1. The SMILES string of the molecule is CCN(CC)C(=O)c1cccc(NC(=O)CN2CCN(CCO)CC2)c1. The van der Waals surface area contributed by atoms with Crippen LogP contribution in [0.1, 0.15) is 24.2 Å². The summed E-state index contributed by atoms with van der Waals surface area (Å²) >= 11 is 0. The third-order valence-electron chi connectivity index (χ3n) is 4.69. The van der Waals surface area contributed by atoms with Crippen LogP contribution < -0.4 is 5.32 Å². The maximum atomic E-state index is 12.4. The van der Waals surface area contributed by atoms with Crippen molar-refractivity contribution in [1.82, 2.24) is 14.7 Å². The molecule has 1 fully saturated rings. The van der Waals surface area contributed by atoms with Gasteiger partial charge in [-0.3, -0.25) is 19.4 Å². The number of amides is 2. The zero-order chi connectivity index (χ0) is 18.9. The number of hydrogen-bond donors (Lipinski definition) is 2. The molecule has 0 radical (unpaired) electrons. The number of carbonyl (C=O) groups is 2. The second-order valence-electron chi connectivity index (χ2n) is 6.45. The Bertz CT molecular complexity index is 596. The fourth-order valence-corrected chi connectivity index (χ4v) is 3.14. The van der Waals surface area contributed by atoms with E-state index in [1.165, 1.54) is 0 Å². The van der Waals surface area contributed by atoms with Gasteiger partial charge < -0.3 is 15.3 Å². The van der Waals surface area contributed by atoms with Gasteiger partial charge in [-0.25, -0.2) is 0 Å². The Hall–Kier alpha value is -1.96.